The molecule has 1 aliphatic carbocycles. The fraction of sp³-hybridized carbons (Fsp3) is 1.00. The third kappa shape index (κ3) is 5.01. The fourth-order valence-electron chi connectivity index (χ4n) is 3.48. The van der Waals surface area contributed by atoms with E-state index in [1.165, 1.54) is 45.2 Å². The van der Waals surface area contributed by atoms with E-state index in [2.05, 4.69) is 31.0 Å². The van der Waals surface area contributed by atoms with Crippen LogP contribution >= 0.6 is 0 Å². The zero-order chi connectivity index (χ0) is 14.6. The predicted molar refractivity (Wildman–Crippen MR) is 84.9 cm³/mol. The molecule has 1 saturated heterocycles. The summed E-state index contributed by atoms with van der Waals surface area (Å²) in [7, 11) is 0. The molecule has 2 atom stereocenters. The van der Waals surface area contributed by atoms with Gasteiger partial charge in [-0.25, -0.2) is 0 Å². The monoisotopic (exact) mass is 282 g/mol. The highest BCUT2D eigenvalue weighted by atomic mass is 16.2. The molecule has 3 nitrogen and oxygen atoms in total. The van der Waals surface area contributed by atoms with Crippen LogP contribution in [0, 0.1) is 11.3 Å². The Morgan fingerprint density at radius 3 is 2.50 bits per heavy atom. The van der Waals surface area contributed by atoms with Gasteiger partial charge in [0.2, 0.25) is 0 Å². The molecule has 2 rings (SSSR count). The molecule has 0 spiro atoms. The molecule has 3 heteroatoms. The highest BCUT2D eigenvalue weighted by molar-refractivity contribution is 4.90. The Labute approximate surface area is 125 Å². The number of nitrogens with zero attached hydrogens (tertiary/aromatic N) is 1. The molecule has 0 bridgehead atoms. The topological polar surface area (TPSA) is 35.5 Å². The van der Waals surface area contributed by atoms with Gasteiger partial charge in [0, 0.05) is 38.3 Å². The van der Waals surface area contributed by atoms with Gasteiger partial charge in [0.05, 0.1) is 0 Å². The molecule has 0 radical (unpaired) electrons. The van der Waals surface area contributed by atoms with Gasteiger partial charge in [-0.15, -0.1) is 0 Å². The summed E-state index contributed by atoms with van der Waals surface area (Å²) in [6.45, 7) is 10.8. The summed E-state index contributed by atoms with van der Waals surface area (Å²) in [6.07, 6.45) is 7.67. The number of aliphatic hydroxyl groups is 1. The summed E-state index contributed by atoms with van der Waals surface area (Å²) < 4.78 is 0. The van der Waals surface area contributed by atoms with Crippen LogP contribution in [0.1, 0.15) is 59.3 Å². The SMILES string of the molecule is CC(C)(C)CNC1CC(CCCO)CN(C2CCC2)C1. The van der Waals surface area contributed by atoms with Crippen LogP contribution in [0.4, 0.5) is 0 Å². The van der Waals surface area contributed by atoms with Gasteiger partial charge in [-0.2, -0.15) is 0 Å². The van der Waals surface area contributed by atoms with E-state index in [1.54, 1.807) is 0 Å². The molecule has 20 heavy (non-hydrogen) atoms. The molecular formula is C17H34N2O. The van der Waals surface area contributed by atoms with Gasteiger partial charge in [-0.1, -0.05) is 27.2 Å². The Hall–Kier alpha value is -0.120. The molecule has 1 saturated carbocycles. The van der Waals surface area contributed by atoms with Crippen molar-refractivity contribution in [3.63, 3.8) is 0 Å². The number of rotatable bonds is 6. The van der Waals surface area contributed by atoms with E-state index in [0.29, 0.717) is 18.1 Å². The Morgan fingerprint density at radius 2 is 1.95 bits per heavy atom. The van der Waals surface area contributed by atoms with Gasteiger partial charge in [0.15, 0.2) is 0 Å². The number of nitrogens with one attached hydrogen (secondary N) is 1. The lowest BCUT2D eigenvalue weighted by molar-refractivity contribution is 0.0522. The van der Waals surface area contributed by atoms with Crippen molar-refractivity contribution in [3.05, 3.63) is 0 Å². The van der Waals surface area contributed by atoms with Crippen molar-refractivity contribution in [2.24, 2.45) is 11.3 Å². The third-order valence-electron chi connectivity index (χ3n) is 4.85. The van der Waals surface area contributed by atoms with E-state index in [0.717, 1.165) is 24.9 Å². The summed E-state index contributed by atoms with van der Waals surface area (Å²) in [6, 6.07) is 1.50. The molecule has 2 fully saturated rings. The smallest absolute Gasteiger partial charge is 0.0431 e. The van der Waals surface area contributed by atoms with Gasteiger partial charge in [-0.3, -0.25) is 4.90 Å². The predicted octanol–water partition coefficient (Wildman–Crippen LogP) is 2.64. The second kappa shape index (κ2) is 7.24. The van der Waals surface area contributed by atoms with Crippen molar-refractivity contribution in [2.45, 2.75) is 71.4 Å². The van der Waals surface area contributed by atoms with Gasteiger partial charge in [0.1, 0.15) is 0 Å². The first-order valence-corrected chi connectivity index (χ1v) is 8.56. The van der Waals surface area contributed by atoms with Crippen LogP contribution in [0.2, 0.25) is 0 Å². The lowest BCUT2D eigenvalue weighted by Gasteiger charge is -2.46. The maximum Gasteiger partial charge on any atom is 0.0431 e. The van der Waals surface area contributed by atoms with Crippen molar-refractivity contribution in [1.82, 2.24) is 10.2 Å². The van der Waals surface area contributed by atoms with Gasteiger partial charge in [-0.05, 0) is 43.4 Å². The molecule has 1 aliphatic heterocycles. The minimum atomic E-state index is 0.347. The van der Waals surface area contributed by atoms with Crippen LogP contribution < -0.4 is 5.32 Å². The summed E-state index contributed by atoms with van der Waals surface area (Å²) >= 11 is 0. The van der Waals surface area contributed by atoms with E-state index in [-0.39, 0.29) is 0 Å². The number of piperidine rings is 1. The Morgan fingerprint density at radius 1 is 1.20 bits per heavy atom. The largest absolute Gasteiger partial charge is 0.396 e. The van der Waals surface area contributed by atoms with Crippen molar-refractivity contribution in [1.29, 1.82) is 0 Å². The zero-order valence-electron chi connectivity index (χ0n) is 13.7. The van der Waals surface area contributed by atoms with Crippen LogP contribution in [0.3, 0.4) is 0 Å². The average Bonchev–Trinajstić information content (AvgIpc) is 2.31. The van der Waals surface area contributed by atoms with Crippen molar-refractivity contribution < 1.29 is 5.11 Å². The quantitative estimate of drug-likeness (QED) is 0.786. The molecule has 2 unspecified atom stereocenters. The number of hydrogen-bond acceptors (Lipinski definition) is 3. The molecule has 1 heterocycles. The molecule has 2 N–H and O–H groups in total. The lowest BCUT2D eigenvalue weighted by atomic mass is 9.84. The van der Waals surface area contributed by atoms with E-state index in [9.17, 15) is 0 Å². The molecular weight excluding hydrogens is 248 g/mol. The first kappa shape index (κ1) is 16.3. The Bertz CT molecular complexity index is 283. The van der Waals surface area contributed by atoms with Gasteiger partial charge in [0.25, 0.3) is 0 Å². The molecule has 2 aliphatic rings. The molecule has 118 valence electrons. The van der Waals surface area contributed by atoms with Gasteiger partial charge < -0.3 is 10.4 Å². The first-order chi connectivity index (χ1) is 9.48. The third-order valence-corrected chi connectivity index (χ3v) is 4.85. The van der Waals surface area contributed by atoms with E-state index in [4.69, 9.17) is 5.11 Å². The molecule has 0 aromatic carbocycles. The summed E-state index contributed by atoms with van der Waals surface area (Å²) in [5, 5.41) is 12.9. The Balaban J connectivity index is 1.85. The second-order valence-corrected chi connectivity index (χ2v) is 8.14. The number of hydrogen-bond donors (Lipinski definition) is 2. The van der Waals surface area contributed by atoms with E-state index in [1.807, 2.05) is 0 Å². The summed E-state index contributed by atoms with van der Waals surface area (Å²) in [5.41, 5.74) is 0.360. The highest BCUT2D eigenvalue weighted by Crippen LogP contribution is 2.30. The average molecular weight is 282 g/mol. The maximum absolute atomic E-state index is 9.08. The van der Waals surface area contributed by atoms with Crippen molar-refractivity contribution >= 4 is 0 Å². The van der Waals surface area contributed by atoms with Crippen LogP contribution in [-0.2, 0) is 0 Å². The lowest BCUT2D eigenvalue weighted by Crippen LogP contribution is -2.55. The van der Waals surface area contributed by atoms with Crippen molar-refractivity contribution in [3.8, 4) is 0 Å². The minimum Gasteiger partial charge on any atom is -0.396 e. The number of aliphatic hydroxyl groups excluding tert-OH is 1. The standard InChI is InChI=1S/C17H34N2O/c1-17(2,3)13-18-15-10-14(6-5-9-20)11-19(12-15)16-7-4-8-16/h14-16,18,20H,4-13H2,1-3H3. The van der Waals surface area contributed by atoms with Crippen LogP contribution in [0.25, 0.3) is 0 Å². The molecule has 0 aromatic heterocycles. The van der Waals surface area contributed by atoms with Crippen molar-refractivity contribution in [2.75, 3.05) is 26.2 Å². The molecule has 0 aromatic rings. The summed E-state index contributed by atoms with van der Waals surface area (Å²) in [5.74, 6) is 0.772. The maximum atomic E-state index is 9.08. The van der Waals surface area contributed by atoms with Crippen LogP contribution in [0.15, 0.2) is 0 Å². The fourth-order valence-corrected chi connectivity index (χ4v) is 3.48. The zero-order valence-corrected chi connectivity index (χ0v) is 13.7. The summed E-state index contributed by atoms with van der Waals surface area (Å²) in [4.78, 5) is 2.73. The number of likely N-dealkylation sites (tertiary alicyclic amines) is 1. The van der Waals surface area contributed by atoms with E-state index < -0.39 is 0 Å². The van der Waals surface area contributed by atoms with E-state index >= 15 is 0 Å². The first-order valence-electron chi connectivity index (χ1n) is 8.56. The van der Waals surface area contributed by atoms with Crippen LogP contribution in [0.5, 0.6) is 0 Å². The van der Waals surface area contributed by atoms with Gasteiger partial charge >= 0.3 is 0 Å². The normalized spacial score (nSPS) is 29.4. The Kier molecular flexibility index (Phi) is 5.88. The second-order valence-electron chi connectivity index (χ2n) is 8.14. The highest BCUT2D eigenvalue weighted by Gasteiger charge is 2.33. The molecule has 0 amide bonds. The van der Waals surface area contributed by atoms with Crippen LogP contribution in [-0.4, -0.2) is 48.3 Å². The minimum absolute atomic E-state index is 0.347.